The fraction of sp³-hybridized carbons (Fsp3) is 0.650. The number of hydrogen-bond donors (Lipinski definition) is 0. The molecule has 4 heteroatoms. The van der Waals surface area contributed by atoms with Crippen molar-refractivity contribution >= 4 is 5.91 Å². The van der Waals surface area contributed by atoms with Gasteiger partial charge in [0, 0.05) is 19.1 Å². The van der Waals surface area contributed by atoms with Crippen molar-refractivity contribution in [1.82, 2.24) is 9.80 Å². The molecule has 0 N–H and O–H groups in total. The first-order valence-electron chi connectivity index (χ1n) is 9.55. The van der Waals surface area contributed by atoms with Crippen LogP contribution in [0.5, 0.6) is 5.75 Å². The van der Waals surface area contributed by atoms with Gasteiger partial charge in [0.25, 0.3) is 0 Å². The summed E-state index contributed by atoms with van der Waals surface area (Å²) >= 11 is 0. The molecule has 4 nitrogen and oxygen atoms in total. The first-order chi connectivity index (χ1) is 11.8. The Kier molecular flexibility index (Phi) is 4.74. The molecule has 3 aliphatic rings. The molecule has 130 valence electrons. The third-order valence-corrected chi connectivity index (χ3v) is 5.91. The highest BCUT2D eigenvalue weighted by molar-refractivity contribution is 5.80. The lowest BCUT2D eigenvalue weighted by Crippen LogP contribution is -2.50. The van der Waals surface area contributed by atoms with Crippen LogP contribution in [0.3, 0.4) is 0 Å². The first kappa shape index (κ1) is 15.9. The molecule has 0 aromatic heterocycles. The molecule has 1 amide bonds. The van der Waals surface area contributed by atoms with Gasteiger partial charge in [-0.15, -0.1) is 0 Å². The predicted molar refractivity (Wildman–Crippen MR) is 94.2 cm³/mol. The lowest BCUT2D eigenvalue weighted by molar-refractivity contribution is -0.138. The molecule has 0 radical (unpaired) electrons. The van der Waals surface area contributed by atoms with Gasteiger partial charge in [0.1, 0.15) is 12.4 Å². The Hall–Kier alpha value is -1.55. The number of ether oxygens (including phenoxy) is 1. The van der Waals surface area contributed by atoms with Crippen LogP contribution in [0.1, 0.15) is 37.7 Å². The highest BCUT2D eigenvalue weighted by Gasteiger charge is 2.33. The fourth-order valence-corrected chi connectivity index (χ4v) is 4.48. The Morgan fingerprint density at radius 1 is 1.00 bits per heavy atom. The Balaban J connectivity index is 1.32. The summed E-state index contributed by atoms with van der Waals surface area (Å²) in [5.41, 5.74) is 1.17. The molecule has 1 aromatic rings. The predicted octanol–water partition coefficient (Wildman–Crippen LogP) is 2.71. The second-order valence-electron chi connectivity index (χ2n) is 7.47. The maximum absolute atomic E-state index is 12.9. The first-order valence-corrected chi connectivity index (χ1v) is 9.55. The Labute approximate surface area is 144 Å². The van der Waals surface area contributed by atoms with Crippen LogP contribution < -0.4 is 4.74 Å². The molecular weight excluding hydrogens is 300 g/mol. The minimum Gasteiger partial charge on any atom is -0.492 e. The van der Waals surface area contributed by atoms with Crippen LogP contribution in [0.4, 0.5) is 0 Å². The van der Waals surface area contributed by atoms with Crippen LogP contribution in [0.2, 0.25) is 0 Å². The molecule has 0 bridgehead atoms. The van der Waals surface area contributed by atoms with Crippen molar-refractivity contribution in [3.8, 4) is 5.75 Å². The van der Waals surface area contributed by atoms with E-state index in [1.807, 2.05) is 18.2 Å². The average Bonchev–Trinajstić information content (AvgIpc) is 2.68. The maximum atomic E-state index is 12.9. The summed E-state index contributed by atoms with van der Waals surface area (Å²) in [6.07, 6.45) is 7.17. The number of para-hydroxylation sites is 1. The number of nitrogens with zero attached hydrogens (tertiary/aromatic N) is 2. The van der Waals surface area contributed by atoms with Gasteiger partial charge in [0.15, 0.2) is 0 Å². The van der Waals surface area contributed by atoms with Gasteiger partial charge in [0.2, 0.25) is 5.91 Å². The van der Waals surface area contributed by atoms with Gasteiger partial charge in [-0.25, -0.2) is 0 Å². The zero-order valence-corrected chi connectivity index (χ0v) is 14.5. The van der Waals surface area contributed by atoms with Gasteiger partial charge >= 0.3 is 0 Å². The van der Waals surface area contributed by atoms with Crippen LogP contribution in [-0.2, 0) is 11.2 Å². The van der Waals surface area contributed by atoms with Crippen molar-refractivity contribution in [1.29, 1.82) is 0 Å². The molecule has 1 unspecified atom stereocenters. The van der Waals surface area contributed by atoms with Crippen LogP contribution in [0.25, 0.3) is 0 Å². The number of benzene rings is 1. The quantitative estimate of drug-likeness (QED) is 0.837. The van der Waals surface area contributed by atoms with Crippen LogP contribution >= 0.6 is 0 Å². The third kappa shape index (κ3) is 3.30. The minimum absolute atomic E-state index is 0.00793. The monoisotopic (exact) mass is 328 g/mol. The fourth-order valence-electron chi connectivity index (χ4n) is 4.48. The summed E-state index contributed by atoms with van der Waals surface area (Å²) < 4.78 is 5.81. The largest absolute Gasteiger partial charge is 0.492 e. The van der Waals surface area contributed by atoms with Crippen LogP contribution in [-0.4, -0.2) is 54.5 Å². The second-order valence-corrected chi connectivity index (χ2v) is 7.47. The number of carbonyl (C=O) groups is 1. The normalized spacial score (nSPS) is 25.8. The number of likely N-dealkylation sites (tertiary alicyclic amines) is 2. The highest BCUT2D eigenvalue weighted by atomic mass is 16.5. The second kappa shape index (κ2) is 7.14. The van der Waals surface area contributed by atoms with E-state index >= 15 is 0 Å². The van der Waals surface area contributed by atoms with Crippen molar-refractivity contribution in [2.75, 3.05) is 32.8 Å². The zero-order valence-electron chi connectivity index (χ0n) is 14.5. The van der Waals surface area contributed by atoms with Gasteiger partial charge in [-0.05, 0) is 56.8 Å². The molecule has 0 spiro atoms. The summed E-state index contributed by atoms with van der Waals surface area (Å²) in [5, 5.41) is 0. The molecule has 3 heterocycles. The topological polar surface area (TPSA) is 32.8 Å². The van der Waals surface area contributed by atoms with Gasteiger partial charge < -0.3 is 14.5 Å². The number of rotatable bonds is 2. The standard InChI is InChI=1S/C20H28N2O2/c23-20(17-14-16-6-2-3-7-19(16)24-15-17)22-12-8-18(9-13-22)21-10-4-1-5-11-21/h2-3,6-7,17-18H,1,4-5,8-15H2. The van der Waals surface area contributed by atoms with Crippen molar-refractivity contribution in [2.45, 2.75) is 44.6 Å². The van der Waals surface area contributed by atoms with Crippen molar-refractivity contribution < 1.29 is 9.53 Å². The zero-order chi connectivity index (χ0) is 16.4. The van der Waals surface area contributed by atoms with Crippen LogP contribution in [0.15, 0.2) is 24.3 Å². The highest BCUT2D eigenvalue weighted by Crippen LogP contribution is 2.29. The van der Waals surface area contributed by atoms with E-state index in [1.165, 1.54) is 37.9 Å². The minimum atomic E-state index is -0.00793. The van der Waals surface area contributed by atoms with E-state index in [0.29, 0.717) is 18.6 Å². The molecule has 3 aliphatic heterocycles. The van der Waals surface area contributed by atoms with Crippen molar-refractivity contribution in [3.05, 3.63) is 29.8 Å². The number of fused-ring (bicyclic) bond motifs is 1. The van der Waals surface area contributed by atoms with Crippen molar-refractivity contribution in [2.24, 2.45) is 5.92 Å². The number of hydrogen-bond acceptors (Lipinski definition) is 3. The van der Waals surface area contributed by atoms with E-state index in [-0.39, 0.29) is 5.92 Å². The molecule has 2 saturated heterocycles. The SMILES string of the molecule is O=C(C1COc2ccccc2C1)N1CCC(N2CCCCC2)CC1. The summed E-state index contributed by atoms with van der Waals surface area (Å²) in [6, 6.07) is 8.79. The molecule has 24 heavy (non-hydrogen) atoms. The summed E-state index contributed by atoms with van der Waals surface area (Å²) in [4.78, 5) is 17.6. The van der Waals surface area contributed by atoms with E-state index < -0.39 is 0 Å². The molecule has 1 atom stereocenters. The van der Waals surface area contributed by atoms with Gasteiger partial charge in [-0.2, -0.15) is 0 Å². The van der Waals surface area contributed by atoms with Crippen LogP contribution in [0, 0.1) is 5.92 Å². The summed E-state index contributed by atoms with van der Waals surface area (Å²) in [6.45, 7) is 4.87. The van der Waals surface area contributed by atoms with Gasteiger partial charge in [0.05, 0.1) is 5.92 Å². The average molecular weight is 328 g/mol. The van der Waals surface area contributed by atoms with E-state index in [0.717, 1.165) is 38.1 Å². The van der Waals surface area contributed by atoms with Gasteiger partial charge in [-0.1, -0.05) is 24.6 Å². The number of carbonyl (C=O) groups excluding carboxylic acids is 1. The third-order valence-electron chi connectivity index (χ3n) is 5.91. The van der Waals surface area contributed by atoms with E-state index in [2.05, 4.69) is 15.9 Å². The Morgan fingerprint density at radius 2 is 1.75 bits per heavy atom. The van der Waals surface area contributed by atoms with E-state index in [9.17, 15) is 4.79 Å². The molecule has 2 fully saturated rings. The number of amides is 1. The lowest BCUT2D eigenvalue weighted by atomic mass is 9.93. The van der Waals surface area contributed by atoms with Gasteiger partial charge in [-0.3, -0.25) is 4.79 Å². The Morgan fingerprint density at radius 3 is 2.54 bits per heavy atom. The lowest BCUT2D eigenvalue weighted by Gasteiger charge is -2.41. The van der Waals surface area contributed by atoms with Crippen molar-refractivity contribution in [3.63, 3.8) is 0 Å². The number of piperidine rings is 2. The van der Waals surface area contributed by atoms with E-state index in [4.69, 9.17) is 4.74 Å². The molecule has 1 aromatic carbocycles. The summed E-state index contributed by atoms with van der Waals surface area (Å²) in [7, 11) is 0. The Bertz CT molecular complexity index is 575. The molecule has 0 saturated carbocycles. The molecule has 4 rings (SSSR count). The molecule has 0 aliphatic carbocycles. The summed E-state index contributed by atoms with van der Waals surface area (Å²) in [5.74, 6) is 1.23. The molecular formula is C20H28N2O2. The van der Waals surface area contributed by atoms with E-state index in [1.54, 1.807) is 0 Å². The maximum Gasteiger partial charge on any atom is 0.229 e. The smallest absolute Gasteiger partial charge is 0.229 e.